The van der Waals surface area contributed by atoms with Crippen molar-refractivity contribution in [2.24, 2.45) is 0 Å². The number of alkyl halides is 3. The molecule has 0 atom stereocenters. The number of anilines is 2. The minimum atomic E-state index is -4.58. The Morgan fingerprint density at radius 2 is 1.62 bits per heavy atom. The maximum Gasteiger partial charge on any atom is 0.416 e. The van der Waals surface area contributed by atoms with E-state index in [1.807, 2.05) is 0 Å². The standard InChI is InChI=1S/C22H19F3N2O4S/c1-31-20-13-6-5-12-19(20)27(32(29,30)18-10-3-2-4-11-18)15-21(28)26-17-9-7-8-16(14-17)22(23,24)25/h2-14H,15H2,1H3,(H,26,28). The molecule has 0 unspecified atom stereocenters. The zero-order valence-corrected chi connectivity index (χ0v) is 17.7. The molecule has 1 amide bonds. The van der Waals surface area contributed by atoms with Gasteiger partial charge >= 0.3 is 6.18 Å². The average molecular weight is 464 g/mol. The third kappa shape index (κ3) is 5.20. The summed E-state index contributed by atoms with van der Waals surface area (Å²) in [5.74, 6) is -0.617. The van der Waals surface area contributed by atoms with Crippen LogP contribution in [0.1, 0.15) is 5.56 Å². The molecule has 0 radical (unpaired) electrons. The van der Waals surface area contributed by atoms with Crippen molar-refractivity contribution in [2.75, 3.05) is 23.3 Å². The first kappa shape index (κ1) is 23.1. The highest BCUT2D eigenvalue weighted by atomic mass is 32.2. The molecule has 6 nitrogen and oxygen atoms in total. The van der Waals surface area contributed by atoms with Gasteiger partial charge in [0.15, 0.2) is 0 Å². The third-order valence-electron chi connectivity index (χ3n) is 4.45. The Kier molecular flexibility index (Phi) is 6.73. The summed E-state index contributed by atoms with van der Waals surface area (Å²) >= 11 is 0. The van der Waals surface area contributed by atoms with Gasteiger partial charge in [-0.1, -0.05) is 36.4 Å². The number of benzene rings is 3. The highest BCUT2D eigenvalue weighted by molar-refractivity contribution is 7.92. The Hall–Kier alpha value is -3.53. The molecule has 3 aromatic carbocycles. The van der Waals surface area contributed by atoms with Crippen LogP contribution in [-0.2, 0) is 21.0 Å². The molecule has 0 heterocycles. The van der Waals surface area contributed by atoms with Crippen molar-refractivity contribution in [1.29, 1.82) is 0 Å². The summed E-state index contributed by atoms with van der Waals surface area (Å²) < 4.78 is 71.6. The van der Waals surface area contributed by atoms with Crippen LogP contribution in [-0.4, -0.2) is 28.0 Å². The number of nitrogens with one attached hydrogen (secondary N) is 1. The summed E-state index contributed by atoms with van der Waals surface area (Å²) in [7, 11) is -2.84. The Morgan fingerprint density at radius 1 is 0.969 bits per heavy atom. The van der Waals surface area contributed by atoms with E-state index in [0.29, 0.717) is 0 Å². The molecule has 3 rings (SSSR count). The van der Waals surface area contributed by atoms with Gasteiger partial charge in [0.2, 0.25) is 5.91 Å². The molecule has 0 aliphatic rings. The first-order valence-corrected chi connectivity index (χ1v) is 10.7. The molecule has 10 heteroatoms. The summed E-state index contributed by atoms with van der Waals surface area (Å²) in [6.45, 7) is -0.687. The second kappa shape index (κ2) is 9.31. The van der Waals surface area contributed by atoms with Gasteiger partial charge in [0.25, 0.3) is 10.0 Å². The predicted molar refractivity (Wildman–Crippen MR) is 114 cm³/mol. The van der Waals surface area contributed by atoms with Crippen LogP contribution in [0.3, 0.4) is 0 Å². The first-order valence-electron chi connectivity index (χ1n) is 9.31. The summed E-state index contributed by atoms with van der Waals surface area (Å²) in [6, 6.07) is 17.8. The van der Waals surface area contributed by atoms with E-state index in [1.54, 1.807) is 18.2 Å². The fourth-order valence-corrected chi connectivity index (χ4v) is 4.41. The monoisotopic (exact) mass is 464 g/mol. The van der Waals surface area contributed by atoms with Gasteiger partial charge in [0.1, 0.15) is 12.3 Å². The SMILES string of the molecule is COc1ccccc1N(CC(=O)Nc1cccc(C(F)(F)F)c1)S(=O)(=O)c1ccccc1. The van der Waals surface area contributed by atoms with Crippen LogP contribution in [0.5, 0.6) is 5.75 Å². The van der Waals surface area contributed by atoms with E-state index in [9.17, 15) is 26.4 Å². The third-order valence-corrected chi connectivity index (χ3v) is 6.22. The van der Waals surface area contributed by atoms with Crippen LogP contribution in [0.2, 0.25) is 0 Å². The maximum atomic E-state index is 13.3. The lowest BCUT2D eigenvalue weighted by Gasteiger charge is -2.25. The highest BCUT2D eigenvalue weighted by Crippen LogP contribution is 2.33. The second-order valence-electron chi connectivity index (χ2n) is 6.62. The average Bonchev–Trinajstić information content (AvgIpc) is 2.77. The molecular formula is C22H19F3N2O4S. The maximum absolute atomic E-state index is 13.3. The van der Waals surface area contributed by atoms with E-state index < -0.39 is 34.2 Å². The normalized spacial score (nSPS) is 11.6. The molecule has 0 aliphatic heterocycles. The number of hydrogen-bond donors (Lipinski definition) is 1. The molecule has 0 aliphatic carbocycles. The molecule has 0 saturated heterocycles. The quantitative estimate of drug-likeness (QED) is 0.557. The zero-order valence-electron chi connectivity index (χ0n) is 16.8. The van der Waals surface area contributed by atoms with E-state index in [1.165, 1.54) is 49.6 Å². The van der Waals surface area contributed by atoms with Crippen molar-refractivity contribution in [2.45, 2.75) is 11.1 Å². The van der Waals surface area contributed by atoms with Crippen molar-refractivity contribution in [3.05, 3.63) is 84.4 Å². The zero-order chi connectivity index (χ0) is 23.4. The second-order valence-corrected chi connectivity index (χ2v) is 8.49. The van der Waals surface area contributed by atoms with Crippen molar-refractivity contribution in [3.8, 4) is 5.75 Å². The molecule has 0 spiro atoms. The number of rotatable bonds is 7. The topological polar surface area (TPSA) is 75.7 Å². The van der Waals surface area contributed by atoms with Crippen LogP contribution in [0.4, 0.5) is 24.5 Å². The number of sulfonamides is 1. The number of halogens is 3. The molecule has 0 aromatic heterocycles. The van der Waals surface area contributed by atoms with E-state index in [-0.39, 0.29) is 22.0 Å². The Balaban J connectivity index is 1.96. The minimum absolute atomic E-state index is 0.0576. The van der Waals surface area contributed by atoms with Crippen LogP contribution < -0.4 is 14.4 Å². The van der Waals surface area contributed by atoms with Gasteiger partial charge in [-0.15, -0.1) is 0 Å². The number of hydrogen-bond acceptors (Lipinski definition) is 4. The van der Waals surface area contributed by atoms with Crippen molar-refractivity contribution in [3.63, 3.8) is 0 Å². The number of nitrogens with zero attached hydrogens (tertiary/aromatic N) is 1. The molecular weight excluding hydrogens is 445 g/mol. The fraction of sp³-hybridized carbons (Fsp3) is 0.136. The Bertz CT molecular complexity index is 1200. The molecule has 0 fully saturated rings. The van der Waals surface area contributed by atoms with E-state index in [0.717, 1.165) is 22.5 Å². The summed E-state index contributed by atoms with van der Waals surface area (Å²) in [5, 5.41) is 2.33. The van der Waals surface area contributed by atoms with Gasteiger partial charge in [0.05, 0.1) is 23.3 Å². The first-order chi connectivity index (χ1) is 15.1. The summed E-state index contributed by atoms with van der Waals surface area (Å²) in [4.78, 5) is 12.6. The Labute approximate surface area is 183 Å². The van der Waals surface area contributed by atoms with Gasteiger partial charge in [-0.3, -0.25) is 9.10 Å². The summed E-state index contributed by atoms with van der Waals surface area (Å²) in [5.41, 5.74) is -0.936. The molecule has 3 aromatic rings. The van der Waals surface area contributed by atoms with Crippen LogP contribution in [0.25, 0.3) is 0 Å². The van der Waals surface area contributed by atoms with Gasteiger partial charge in [0, 0.05) is 5.69 Å². The number of para-hydroxylation sites is 2. The lowest BCUT2D eigenvalue weighted by Crippen LogP contribution is -2.38. The molecule has 168 valence electrons. The van der Waals surface area contributed by atoms with Gasteiger partial charge in [-0.2, -0.15) is 13.2 Å². The molecule has 0 bridgehead atoms. The number of carbonyl (C=O) groups excluding carboxylic acids is 1. The number of ether oxygens (including phenoxy) is 1. The van der Waals surface area contributed by atoms with E-state index >= 15 is 0 Å². The van der Waals surface area contributed by atoms with Gasteiger partial charge < -0.3 is 10.1 Å². The van der Waals surface area contributed by atoms with Crippen LogP contribution >= 0.6 is 0 Å². The Morgan fingerprint density at radius 3 is 2.28 bits per heavy atom. The molecule has 0 saturated carbocycles. The van der Waals surface area contributed by atoms with Crippen molar-refractivity contribution >= 4 is 27.3 Å². The smallest absolute Gasteiger partial charge is 0.416 e. The summed E-state index contributed by atoms with van der Waals surface area (Å²) in [6.07, 6.45) is -4.58. The predicted octanol–water partition coefficient (Wildman–Crippen LogP) is 4.55. The fourth-order valence-electron chi connectivity index (χ4n) is 2.96. The highest BCUT2D eigenvalue weighted by Gasteiger charge is 2.31. The number of methoxy groups -OCH3 is 1. The van der Waals surface area contributed by atoms with Crippen LogP contribution in [0.15, 0.2) is 83.8 Å². The molecule has 1 N–H and O–H groups in total. The lowest BCUT2D eigenvalue weighted by atomic mass is 10.2. The van der Waals surface area contributed by atoms with Gasteiger partial charge in [-0.05, 0) is 42.5 Å². The van der Waals surface area contributed by atoms with Crippen LogP contribution in [0, 0.1) is 0 Å². The lowest BCUT2D eigenvalue weighted by molar-refractivity contribution is -0.137. The number of carbonyl (C=O) groups is 1. The largest absolute Gasteiger partial charge is 0.495 e. The van der Waals surface area contributed by atoms with E-state index in [4.69, 9.17) is 4.74 Å². The van der Waals surface area contributed by atoms with Crippen molar-refractivity contribution < 1.29 is 31.1 Å². The van der Waals surface area contributed by atoms with E-state index in [2.05, 4.69) is 5.32 Å². The minimum Gasteiger partial charge on any atom is -0.495 e. The van der Waals surface area contributed by atoms with Gasteiger partial charge in [-0.25, -0.2) is 8.42 Å². The number of amides is 1. The molecule has 32 heavy (non-hydrogen) atoms. The van der Waals surface area contributed by atoms with Crippen molar-refractivity contribution in [1.82, 2.24) is 0 Å².